The first-order chi connectivity index (χ1) is 8.76. The zero-order valence-corrected chi connectivity index (χ0v) is 11.0. The van der Waals surface area contributed by atoms with E-state index in [2.05, 4.69) is 12.2 Å². The minimum atomic E-state index is 0.00252. The lowest BCUT2D eigenvalue weighted by molar-refractivity contribution is -0.127. The van der Waals surface area contributed by atoms with Crippen molar-refractivity contribution in [1.82, 2.24) is 10.2 Å². The molecule has 1 amide bonds. The zero-order chi connectivity index (χ0) is 13.0. The number of likely N-dealkylation sites (N-methyl/N-ethyl adjacent to an activating group) is 1. The number of nitrogens with zero attached hydrogens (tertiary/aromatic N) is 1. The van der Waals surface area contributed by atoms with Crippen LogP contribution in [0.2, 0.25) is 0 Å². The predicted molar refractivity (Wildman–Crippen MR) is 70.4 cm³/mol. The molecule has 0 bridgehead atoms. The summed E-state index contributed by atoms with van der Waals surface area (Å²) in [5, 5.41) is 3.22. The maximum Gasteiger partial charge on any atom is 0.238 e. The van der Waals surface area contributed by atoms with Crippen molar-refractivity contribution in [3.05, 3.63) is 29.8 Å². The average molecular weight is 248 g/mol. The lowest BCUT2D eigenvalue weighted by atomic mass is 10.1. The summed E-state index contributed by atoms with van der Waals surface area (Å²) in [5.41, 5.74) is 1.10. The van der Waals surface area contributed by atoms with Gasteiger partial charge in [-0.2, -0.15) is 0 Å². The largest absolute Gasteiger partial charge is 0.494 e. The second-order valence-corrected chi connectivity index (χ2v) is 4.38. The summed E-state index contributed by atoms with van der Waals surface area (Å²) in [6.07, 6.45) is 1.01. The molecule has 18 heavy (non-hydrogen) atoms. The van der Waals surface area contributed by atoms with Crippen molar-refractivity contribution in [2.45, 2.75) is 26.4 Å². The van der Waals surface area contributed by atoms with Crippen LogP contribution in [-0.2, 0) is 4.79 Å². The summed E-state index contributed by atoms with van der Waals surface area (Å²) in [6.45, 7) is 5.97. The lowest BCUT2D eigenvalue weighted by Gasteiger charge is -2.23. The van der Waals surface area contributed by atoms with E-state index in [0.717, 1.165) is 30.9 Å². The van der Waals surface area contributed by atoms with Crippen molar-refractivity contribution in [2.75, 3.05) is 19.7 Å². The standard InChI is InChI=1S/C14H20N2O2/c1-3-9-18-12-7-5-11(6-8-12)14-15-10-13(17)16(14)4-2/h5-8,14-15H,3-4,9-10H2,1-2H3. The molecule has 1 fully saturated rings. The number of amides is 1. The highest BCUT2D eigenvalue weighted by Gasteiger charge is 2.29. The smallest absolute Gasteiger partial charge is 0.238 e. The molecule has 1 atom stereocenters. The van der Waals surface area contributed by atoms with E-state index in [-0.39, 0.29) is 12.1 Å². The molecule has 0 radical (unpaired) electrons. The molecule has 4 heteroatoms. The van der Waals surface area contributed by atoms with E-state index in [1.54, 1.807) is 0 Å². The fraction of sp³-hybridized carbons (Fsp3) is 0.500. The molecule has 2 rings (SSSR count). The van der Waals surface area contributed by atoms with Gasteiger partial charge in [-0.05, 0) is 31.0 Å². The Morgan fingerprint density at radius 2 is 2.06 bits per heavy atom. The van der Waals surface area contributed by atoms with Gasteiger partial charge in [0.1, 0.15) is 11.9 Å². The van der Waals surface area contributed by atoms with Gasteiger partial charge >= 0.3 is 0 Å². The number of ether oxygens (including phenoxy) is 1. The minimum absolute atomic E-state index is 0.00252. The van der Waals surface area contributed by atoms with Crippen molar-refractivity contribution in [3.8, 4) is 5.75 Å². The number of carbonyl (C=O) groups is 1. The number of benzene rings is 1. The Labute approximate surface area is 108 Å². The van der Waals surface area contributed by atoms with Gasteiger partial charge in [-0.25, -0.2) is 0 Å². The van der Waals surface area contributed by atoms with Crippen molar-refractivity contribution in [1.29, 1.82) is 0 Å². The highest BCUT2D eigenvalue weighted by atomic mass is 16.5. The monoisotopic (exact) mass is 248 g/mol. The highest BCUT2D eigenvalue weighted by molar-refractivity contribution is 5.80. The topological polar surface area (TPSA) is 41.6 Å². The molecular formula is C14H20N2O2. The normalized spacial score (nSPS) is 19.3. The summed E-state index contributed by atoms with van der Waals surface area (Å²) in [7, 11) is 0. The summed E-state index contributed by atoms with van der Waals surface area (Å²) in [4.78, 5) is 13.5. The van der Waals surface area contributed by atoms with Gasteiger partial charge in [-0.1, -0.05) is 19.1 Å². The molecule has 1 saturated heterocycles. The third-order valence-corrected chi connectivity index (χ3v) is 3.09. The molecule has 1 aromatic rings. The van der Waals surface area contributed by atoms with Gasteiger partial charge in [0.05, 0.1) is 13.2 Å². The molecule has 0 aliphatic carbocycles. The van der Waals surface area contributed by atoms with Gasteiger partial charge < -0.3 is 9.64 Å². The third-order valence-electron chi connectivity index (χ3n) is 3.09. The van der Waals surface area contributed by atoms with Crippen molar-refractivity contribution >= 4 is 5.91 Å². The van der Waals surface area contributed by atoms with Gasteiger partial charge in [0.25, 0.3) is 0 Å². The molecule has 98 valence electrons. The Morgan fingerprint density at radius 3 is 2.67 bits per heavy atom. The predicted octanol–water partition coefficient (Wildman–Crippen LogP) is 1.93. The van der Waals surface area contributed by atoms with E-state index in [1.165, 1.54) is 0 Å². The van der Waals surface area contributed by atoms with Crippen LogP contribution in [0.25, 0.3) is 0 Å². The van der Waals surface area contributed by atoms with E-state index >= 15 is 0 Å². The maximum atomic E-state index is 11.6. The van der Waals surface area contributed by atoms with Crippen LogP contribution in [0.4, 0.5) is 0 Å². The average Bonchev–Trinajstić information content (AvgIpc) is 2.78. The number of hydrogen-bond acceptors (Lipinski definition) is 3. The zero-order valence-electron chi connectivity index (χ0n) is 11.0. The Hall–Kier alpha value is -1.55. The highest BCUT2D eigenvalue weighted by Crippen LogP contribution is 2.24. The first kappa shape index (κ1) is 12.9. The third kappa shape index (κ3) is 2.64. The SMILES string of the molecule is CCCOc1ccc(C2NCC(=O)N2CC)cc1. The lowest BCUT2D eigenvalue weighted by Crippen LogP contribution is -2.29. The van der Waals surface area contributed by atoms with Crippen LogP contribution in [0.15, 0.2) is 24.3 Å². The second-order valence-electron chi connectivity index (χ2n) is 4.38. The molecule has 0 saturated carbocycles. The number of nitrogens with one attached hydrogen (secondary N) is 1. The molecule has 1 heterocycles. The number of rotatable bonds is 5. The molecular weight excluding hydrogens is 228 g/mol. The number of carbonyl (C=O) groups excluding carboxylic acids is 1. The molecule has 1 N–H and O–H groups in total. The minimum Gasteiger partial charge on any atom is -0.494 e. The van der Waals surface area contributed by atoms with E-state index in [0.29, 0.717) is 6.54 Å². The van der Waals surface area contributed by atoms with Gasteiger partial charge in [-0.15, -0.1) is 0 Å². The van der Waals surface area contributed by atoms with Crippen LogP contribution in [0.3, 0.4) is 0 Å². The van der Waals surface area contributed by atoms with E-state index in [9.17, 15) is 4.79 Å². The molecule has 4 nitrogen and oxygen atoms in total. The Morgan fingerprint density at radius 1 is 1.33 bits per heavy atom. The summed E-state index contributed by atoms with van der Waals surface area (Å²) in [6, 6.07) is 7.96. The molecule has 1 aliphatic heterocycles. The van der Waals surface area contributed by atoms with Crippen molar-refractivity contribution < 1.29 is 9.53 Å². The Bertz CT molecular complexity index is 403. The molecule has 1 aliphatic rings. The van der Waals surface area contributed by atoms with Gasteiger partial charge in [-0.3, -0.25) is 10.1 Å². The summed E-state index contributed by atoms with van der Waals surface area (Å²) >= 11 is 0. The van der Waals surface area contributed by atoms with Gasteiger partial charge in [0.2, 0.25) is 5.91 Å². The van der Waals surface area contributed by atoms with E-state index in [4.69, 9.17) is 4.74 Å². The fourth-order valence-corrected chi connectivity index (χ4v) is 2.16. The van der Waals surface area contributed by atoms with Crippen LogP contribution in [0, 0.1) is 0 Å². The van der Waals surface area contributed by atoms with Gasteiger partial charge in [0, 0.05) is 6.54 Å². The fourth-order valence-electron chi connectivity index (χ4n) is 2.16. The van der Waals surface area contributed by atoms with E-state index in [1.807, 2.05) is 36.1 Å². The number of hydrogen-bond donors (Lipinski definition) is 1. The van der Waals surface area contributed by atoms with Crippen LogP contribution in [-0.4, -0.2) is 30.5 Å². The van der Waals surface area contributed by atoms with Crippen LogP contribution in [0.5, 0.6) is 5.75 Å². The van der Waals surface area contributed by atoms with Gasteiger partial charge in [0.15, 0.2) is 0 Å². The molecule has 1 aromatic carbocycles. The maximum absolute atomic E-state index is 11.6. The first-order valence-corrected chi connectivity index (χ1v) is 6.51. The van der Waals surface area contributed by atoms with Crippen LogP contribution in [0.1, 0.15) is 32.0 Å². The Kier molecular flexibility index (Phi) is 4.20. The molecule has 0 spiro atoms. The molecule has 0 aromatic heterocycles. The molecule has 1 unspecified atom stereocenters. The Balaban J connectivity index is 2.07. The van der Waals surface area contributed by atoms with E-state index < -0.39 is 0 Å². The van der Waals surface area contributed by atoms with Crippen LogP contribution < -0.4 is 10.1 Å². The van der Waals surface area contributed by atoms with Crippen molar-refractivity contribution in [2.24, 2.45) is 0 Å². The second kappa shape index (κ2) is 5.87. The summed E-state index contributed by atoms with van der Waals surface area (Å²) in [5.74, 6) is 1.04. The summed E-state index contributed by atoms with van der Waals surface area (Å²) < 4.78 is 5.55. The van der Waals surface area contributed by atoms with Crippen LogP contribution >= 0.6 is 0 Å². The first-order valence-electron chi connectivity index (χ1n) is 6.51. The van der Waals surface area contributed by atoms with Crippen molar-refractivity contribution in [3.63, 3.8) is 0 Å². The quantitative estimate of drug-likeness (QED) is 0.865.